The first-order valence-electron chi connectivity index (χ1n) is 9.51. The summed E-state index contributed by atoms with van der Waals surface area (Å²) in [5, 5.41) is 6.26. The monoisotopic (exact) mass is 390 g/mol. The summed E-state index contributed by atoms with van der Waals surface area (Å²) in [5.74, 6) is 0.860. The summed E-state index contributed by atoms with van der Waals surface area (Å²) in [6.45, 7) is 10.3. The van der Waals surface area contributed by atoms with Crippen LogP contribution < -0.4 is 10.6 Å². The van der Waals surface area contributed by atoms with E-state index < -0.39 is 0 Å². The van der Waals surface area contributed by atoms with E-state index in [0.29, 0.717) is 18.9 Å². The van der Waals surface area contributed by atoms with Crippen molar-refractivity contribution in [3.8, 4) is 0 Å². The molecule has 0 aliphatic heterocycles. The minimum atomic E-state index is -0.327. The van der Waals surface area contributed by atoms with Crippen LogP contribution in [0.5, 0.6) is 0 Å². The molecule has 0 radical (unpaired) electrons. The molecule has 3 atom stereocenters. The standard InChI is InChI=1S/C19H38N2O4S/c1-13(2)12-17(19(23)24-14(3)4)21-10-8-15(5)25-18(22)16(20-6)9-11-26-7/h13-17,20-21H,8-12H2,1-7H3. The fourth-order valence-corrected chi connectivity index (χ4v) is 2.94. The van der Waals surface area contributed by atoms with E-state index in [0.717, 1.165) is 18.6 Å². The van der Waals surface area contributed by atoms with Crippen molar-refractivity contribution in [3.63, 3.8) is 0 Å². The van der Waals surface area contributed by atoms with Crippen molar-refractivity contribution in [1.29, 1.82) is 0 Å². The van der Waals surface area contributed by atoms with Crippen LogP contribution in [0.2, 0.25) is 0 Å². The summed E-state index contributed by atoms with van der Waals surface area (Å²) in [7, 11) is 1.77. The van der Waals surface area contributed by atoms with Gasteiger partial charge in [-0.3, -0.25) is 9.59 Å². The van der Waals surface area contributed by atoms with Crippen LogP contribution in [0.25, 0.3) is 0 Å². The van der Waals surface area contributed by atoms with Gasteiger partial charge in [0.25, 0.3) is 0 Å². The predicted molar refractivity (Wildman–Crippen MR) is 108 cm³/mol. The highest BCUT2D eigenvalue weighted by atomic mass is 32.2. The Morgan fingerprint density at radius 3 is 2.08 bits per heavy atom. The molecule has 0 saturated carbocycles. The zero-order chi connectivity index (χ0) is 20.1. The Hall–Kier alpha value is -0.790. The molecule has 3 unspecified atom stereocenters. The highest BCUT2D eigenvalue weighted by Crippen LogP contribution is 2.09. The first-order valence-corrected chi connectivity index (χ1v) is 10.9. The lowest BCUT2D eigenvalue weighted by Crippen LogP contribution is -2.42. The number of nitrogens with one attached hydrogen (secondary N) is 2. The lowest BCUT2D eigenvalue weighted by Gasteiger charge is -2.22. The third kappa shape index (κ3) is 11.8. The molecule has 0 amide bonds. The van der Waals surface area contributed by atoms with Gasteiger partial charge in [-0.15, -0.1) is 0 Å². The molecule has 26 heavy (non-hydrogen) atoms. The molecular formula is C19H38N2O4S. The van der Waals surface area contributed by atoms with E-state index in [4.69, 9.17) is 9.47 Å². The molecule has 0 saturated heterocycles. The van der Waals surface area contributed by atoms with Gasteiger partial charge in [-0.25, -0.2) is 0 Å². The normalized spacial score (nSPS) is 15.0. The smallest absolute Gasteiger partial charge is 0.323 e. The summed E-state index contributed by atoms with van der Waals surface area (Å²) in [4.78, 5) is 24.4. The molecule has 0 heterocycles. The van der Waals surface area contributed by atoms with Gasteiger partial charge in [0.1, 0.15) is 18.2 Å². The molecule has 0 spiro atoms. The Labute approximate surface area is 163 Å². The number of carbonyl (C=O) groups excluding carboxylic acids is 2. The zero-order valence-corrected chi connectivity index (χ0v) is 18.3. The maximum Gasteiger partial charge on any atom is 0.323 e. The van der Waals surface area contributed by atoms with E-state index in [-0.39, 0.29) is 36.2 Å². The Morgan fingerprint density at radius 1 is 0.962 bits per heavy atom. The number of likely N-dealkylation sites (N-methyl/N-ethyl adjacent to an activating group) is 1. The van der Waals surface area contributed by atoms with Crippen LogP contribution in [0.4, 0.5) is 0 Å². The Kier molecular flexibility index (Phi) is 13.9. The topological polar surface area (TPSA) is 76.7 Å². The predicted octanol–water partition coefficient (Wildman–Crippen LogP) is 2.61. The number of hydrogen-bond acceptors (Lipinski definition) is 7. The van der Waals surface area contributed by atoms with E-state index in [1.165, 1.54) is 0 Å². The Balaban J connectivity index is 4.37. The molecule has 2 N–H and O–H groups in total. The number of rotatable bonds is 14. The fourth-order valence-electron chi connectivity index (χ4n) is 2.46. The van der Waals surface area contributed by atoms with Crippen molar-refractivity contribution in [3.05, 3.63) is 0 Å². The summed E-state index contributed by atoms with van der Waals surface area (Å²) in [6, 6.07) is -0.598. The molecule has 154 valence electrons. The van der Waals surface area contributed by atoms with Crippen LogP contribution in [-0.4, -0.2) is 61.8 Å². The lowest BCUT2D eigenvalue weighted by molar-refractivity contribution is -0.152. The van der Waals surface area contributed by atoms with E-state index in [9.17, 15) is 9.59 Å². The Bertz CT molecular complexity index is 405. The molecule has 6 nitrogen and oxygen atoms in total. The van der Waals surface area contributed by atoms with E-state index >= 15 is 0 Å². The molecule has 0 aromatic carbocycles. The second-order valence-corrected chi connectivity index (χ2v) is 8.27. The molecule has 0 aliphatic rings. The molecule has 0 rings (SSSR count). The third-order valence-electron chi connectivity index (χ3n) is 3.85. The van der Waals surface area contributed by atoms with Crippen LogP contribution in [0.3, 0.4) is 0 Å². The van der Waals surface area contributed by atoms with Crippen LogP contribution >= 0.6 is 11.8 Å². The number of esters is 2. The second-order valence-electron chi connectivity index (χ2n) is 7.28. The average molecular weight is 391 g/mol. The van der Waals surface area contributed by atoms with Crippen LogP contribution in [0, 0.1) is 5.92 Å². The fraction of sp³-hybridized carbons (Fsp3) is 0.895. The first-order chi connectivity index (χ1) is 12.2. The van der Waals surface area contributed by atoms with E-state index in [1.807, 2.05) is 27.0 Å². The molecule has 0 bridgehead atoms. The highest BCUT2D eigenvalue weighted by molar-refractivity contribution is 7.98. The summed E-state index contributed by atoms with van der Waals surface area (Å²) >= 11 is 1.71. The molecular weight excluding hydrogens is 352 g/mol. The molecule has 0 fully saturated rings. The number of hydrogen-bond donors (Lipinski definition) is 2. The largest absolute Gasteiger partial charge is 0.462 e. The van der Waals surface area contributed by atoms with Gasteiger partial charge in [0, 0.05) is 0 Å². The summed E-state index contributed by atoms with van der Waals surface area (Å²) < 4.78 is 10.8. The third-order valence-corrected chi connectivity index (χ3v) is 4.49. The second kappa shape index (κ2) is 14.3. The van der Waals surface area contributed by atoms with Crippen molar-refractivity contribution in [2.45, 2.75) is 78.2 Å². The van der Waals surface area contributed by atoms with Crippen molar-refractivity contribution in [2.24, 2.45) is 5.92 Å². The number of thioether (sulfide) groups is 1. The van der Waals surface area contributed by atoms with Crippen molar-refractivity contribution in [2.75, 3.05) is 25.6 Å². The summed E-state index contributed by atoms with van der Waals surface area (Å²) in [5.41, 5.74) is 0. The van der Waals surface area contributed by atoms with Gasteiger partial charge in [-0.1, -0.05) is 13.8 Å². The van der Waals surface area contributed by atoms with Crippen LogP contribution in [0.15, 0.2) is 0 Å². The maximum atomic E-state index is 12.2. The number of carbonyl (C=O) groups is 2. The van der Waals surface area contributed by atoms with Crippen LogP contribution in [0.1, 0.15) is 53.9 Å². The highest BCUT2D eigenvalue weighted by Gasteiger charge is 2.23. The van der Waals surface area contributed by atoms with Crippen molar-refractivity contribution >= 4 is 23.7 Å². The molecule has 0 aromatic heterocycles. The van der Waals surface area contributed by atoms with Crippen LogP contribution in [-0.2, 0) is 19.1 Å². The quantitative estimate of drug-likeness (QED) is 0.442. The molecule has 7 heteroatoms. The van der Waals surface area contributed by atoms with E-state index in [2.05, 4.69) is 24.5 Å². The van der Waals surface area contributed by atoms with Gasteiger partial charge in [-0.2, -0.15) is 11.8 Å². The molecule has 0 aromatic rings. The van der Waals surface area contributed by atoms with Gasteiger partial charge in [0.05, 0.1) is 6.10 Å². The van der Waals surface area contributed by atoms with Gasteiger partial charge in [0.2, 0.25) is 0 Å². The average Bonchev–Trinajstić information content (AvgIpc) is 2.53. The van der Waals surface area contributed by atoms with Gasteiger partial charge in [-0.05, 0) is 71.6 Å². The summed E-state index contributed by atoms with van der Waals surface area (Å²) in [6.07, 6.45) is 3.80. The first kappa shape index (κ1) is 25.2. The Morgan fingerprint density at radius 2 is 1.58 bits per heavy atom. The number of ether oxygens (including phenoxy) is 2. The SMILES string of the molecule is CNC(CCSC)C(=O)OC(C)CCNC(CC(C)C)C(=O)OC(C)C. The minimum Gasteiger partial charge on any atom is -0.462 e. The van der Waals surface area contributed by atoms with E-state index in [1.54, 1.807) is 18.8 Å². The van der Waals surface area contributed by atoms with Gasteiger partial charge in [0.15, 0.2) is 0 Å². The van der Waals surface area contributed by atoms with Crippen molar-refractivity contribution in [1.82, 2.24) is 10.6 Å². The minimum absolute atomic E-state index is 0.126. The molecule has 0 aliphatic carbocycles. The van der Waals surface area contributed by atoms with Gasteiger partial charge < -0.3 is 20.1 Å². The van der Waals surface area contributed by atoms with Crippen molar-refractivity contribution < 1.29 is 19.1 Å². The maximum absolute atomic E-state index is 12.2. The lowest BCUT2D eigenvalue weighted by atomic mass is 10.0. The van der Waals surface area contributed by atoms with Gasteiger partial charge >= 0.3 is 11.9 Å². The zero-order valence-electron chi connectivity index (χ0n) is 17.5.